The van der Waals surface area contributed by atoms with Crippen LogP contribution >= 0.6 is 0 Å². The molecular formula is C17H16FN5O2. The largest absolute Gasteiger partial charge is 0.306 e. The summed E-state index contributed by atoms with van der Waals surface area (Å²) < 4.78 is 14.5. The highest BCUT2D eigenvalue weighted by molar-refractivity contribution is 5.88. The molecule has 128 valence electrons. The number of hydrogen-bond donors (Lipinski definition) is 2. The molecule has 0 atom stereocenters. The van der Waals surface area contributed by atoms with Crippen LogP contribution in [0.1, 0.15) is 17.0 Å². The topological polar surface area (TPSA) is 92.7 Å². The number of carbonyl (C=O) groups is 1. The molecule has 0 saturated heterocycles. The molecule has 0 aliphatic carbocycles. The van der Waals surface area contributed by atoms with E-state index in [1.165, 1.54) is 16.7 Å². The molecule has 3 aromatic rings. The van der Waals surface area contributed by atoms with Gasteiger partial charge >= 0.3 is 0 Å². The van der Waals surface area contributed by atoms with E-state index in [-0.39, 0.29) is 23.9 Å². The van der Waals surface area contributed by atoms with Crippen LogP contribution in [0.5, 0.6) is 0 Å². The lowest BCUT2D eigenvalue weighted by Crippen LogP contribution is -2.28. The van der Waals surface area contributed by atoms with E-state index in [9.17, 15) is 14.0 Å². The second-order valence-corrected chi connectivity index (χ2v) is 5.58. The van der Waals surface area contributed by atoms with E-state index < -0.39 is 5.91 Å². The van der Waals surface area contributed by atoms with Gasteiger partial charge in [-0.1, -0.05) is 18.2 Å². The zero-order valence-electron chi connectivity index (χ0n) is 13.5. The van der Waals surface area contributed by atoms with Gasteiger partial charge in [0.25, 0.3) is 5.56 Å². The predicted octanol–water partition coefficient (Wildman–Crippen LogP) is 1.64. The van der Waals surface area contributed by atoms with Crippen molar-refractivity contribution < 1.29 is 9.18 Å². The molecule has 0 saturated carbocycles. The number of halogens is 1. The Morgan fingerprint density at radius 3 is 2.96 bits per heavy atom. The minimum atomic E-state index is -0.413. The molecule has 0 aliphatic rings. The second kappa shape index (κ2) is 7.08. The fourth-order valence-electron chi connectivity index (χ4n) is 2.37. The quantitative estimate of drug-likeness (QED) is 0.738. The van der Waals surface area contributed by atoms with Crippen LogP contribution in [0.2, 0.25) is 0 Å². The van der Waals surface area contributed by atoms with E-state index in [1.807, 2.05) is 0 Å². The lowest BCUT2D eigenvalue weighted by Gasteiger charge is -2.05. The van der Waals surface area contributed by atoms with Gasteiger partial charge in [-0.15, -0.1) is 5.10 Å². The van der Waals surface area contributed by atoms with Crippen LogP contribution in [-0.2, 0) is 17.8 Å². The molecule has 8 heteroatoms. The Hall–Kier alpha value is -3.29. The van der Waals surface area contributed by atoms with Crippen molar-refractivity contribution in [3.05, 3.63) is 75.7 Å². The summed E-state index contributed by atoms with van der Waals surface area (Å²) in [6.07, 6.45) is 1.90. The first kappa shape index (κ1) is 16.6. The van der Waals surface area contributed by atoms with Crippen molar-refractivity contribution in [2.24, 2.45) is 0 Å². The van der Waals surface area contributed by atoms with E-state index in [2.05, 4.69) is 20.5 Å². The minimum absolute atomic E-state index is 0.108. The summed E-state index contributed by atoms with van der Waals surface area (Å²) in [5.41, 5.74) is 1.07. The maximum atomic E-state index is 13.2. The fraction of sp³-hybridized carbons (Fsp3) is 0.176. The summed E-state index contributed by atoms with van der Waals surface area (Å²) in [4.78, 5) is 28.1. The van der Waals surface area contributed by atoms with Gasteiger partial charge in [0.05, 0.1) is 0 Å². The Morgan fingerprint density at radius 1 is 1.32 bits per heavy atom. The predicted molar refractivity (Wildman–Crippen MR) is 89.7 cm³/mol. The standard InChI is InChI=1S/C17H16FN5O2/c1-11-4-3-7-23(16(11)25)10-15(24)20-17-19-14(21-22-17)9-12-5-2-6-13(18)8-12/h2-8H,9-10H2,1H3,(H2,19,20,21,22,24). The molecule has 2 N–H and O–H groups in total. The maximum absolute atomic E-state index is 13.2. The molecule has 25 heavy (non-hydrogen) atoms. The van der Waals surface area contributed by atoms with Crippen LogP contribution in [-0.4, -0.2) is 25.7 Å². The van der Waals surface area contributed by atoms with Crippen molar-refractivity contribution in [3.8, 4) is 0 Å². The highest BCUT2D eigenvalue weighted by Crippen LogP contribution is 2.09. The summed E-state index contributed by atoms with van der Waals surface area (Å²) in [6, 6.07) is 9.55. The van der Waals surface area contributed by atoms with Crippen LogP contribution in [0.15, 0.2) is 47.4 Å². The molecule has 0 bridgehead atoms. The first-order chi connectivity index (χ1) is 12.0. The molecule has 0 spiro atoms. The van der Waals surface area contributed by atoms with Crippen molar-refractivity contribution in [2.75, 3.05) is 5.32 Å². The number of anilines is 1. The third-order valence-electron chi connectivity index (χ3n) is 3.57. The summed E-state index contributed by atoms with van der Waals surface area (Å²) in [5, 5.41) is 9.13. The van der Waals surface area contributed by atoms with Crippen molar-refractivity contribution >= 4 is 11.9 Å². The van der Waals surface area contributed by atoms with Gasteiger partial charge < -0.3 is 4.57 Å². The van der Waals surface area contributed by atoms with Gasteiger partial charge in [0, 0.05) is 18.2 Å². The molecule has 3 rings (SSSR count). The van der Waals surface area contributed by atoms with Gasteiger partial charge in [0.2, 0.25) is 11.9 Å². The van der Waals surface area contributed by atoms with E-state index in [0.29, 0.717) is 17.8 Å². The number of carbonyl (C=O) groups excluding carboxylic acids is 1. The van der Waals surface area contributed by atoms with Crippen molar-refractivity contribution in [2.45, 2.75) is 19.9 Å². The van der Waals surface area contributed by atoms with Gasteiger partial charge in [0.15, 0.2) is 0 Å². The number of aromatic amines is 1. The van der Waals surface area contributed by atoms with Gasteiger partial charge in [-0.05, 0) is 30.7 Å². The SMILES string of the molecule is Cc1cccn(CC(=O)Nc2n[nH]c(Cc3cccc(F)c3)n2)c1=O. The molecule has 0 fully saturated rings. The number of aromatic nitrogens is 4. The number of H-pyrrole nitrogens is 1. The Kier molecular flexibility index (Phi) is 4.69. The Bertz CT molecular complexity index is 963. The van der Waals surface area contributed by atoms with E-state index >= 15 is 0 Å². The molecule has 7 nitrogen and oxygen atoms in total. The van der Waals surface area contributed by atoms with Crippen LogP contribution in [0.4, 0.5) is 10.3 Å². The summed E-state index contributed by atoms with van der Waals surface area (Å²) in [6.45, 7) is 1.55. The normalized spacial score (nSPS) is 10.6. The molecule has 2 aromatic heterocycles. The van der Waals surface area contributed by atoms with Gasteiger partial charge in [-0.3, -0.25) is 20.0 Å². The van der Waals surface area contributed by atoms with Crippen molar-refractivity contribution in [3.63, 3.8) is 0 Å². The van der Waals surface area contributed by atoms with E-state index in [4.69, 9.17) is 0 Å². The number of nitrogens with one attached hydrogen (secondary N) is 2. The van der Waals surface area contributed by atoms with Gasteiger partial charge in [-0.2, -0.15) is 4.98 Å². The van der Waals surface area contributed by atoms with Crippen LogP contribution in [0, 0.1) is 12.7 Å². The molecule has 0 unspecified atom stereocenters. The molecule has 0 aliphatic heterocycles. The van der Waals surface area contributed by atoms with Crippen LogP contribution in [0.25, 0.3) is 0 Å². The zero-order chi connectivity index (χ0) is 17.8. The Morgan fingerprint density at radius 2 is 2.16 bits per heavy atom. The average molecular weight is 341 g/mol. The van der Waals surface area contributed by atoms with E-state index in [0.717, 1.165) is 5.56 Å². The number of amides is 1. The number of benzene rings is 1. The van der Waals surface area contributed by atoms with Gasteiger partial charge in [0.1, 0.15) is 18.2 Å². The van der Waals surface area contributed by atoms with Crippen molar-refractivity contribution in [1.82, 2.24) is 19.7 Å². The highest BCUT2D eigenvalue weighted by Gasteiger charge is 2.10. The lowest BCUT2D eigenvalue weighted by atomic mass is 10.1. The monoisotopic (exact) mass is 341 g/mol. The Labute approximate surface area is 142 Å². The third-order valence-corrected chi connectivity index (χ3v) is 3.57. The summed E-state index contributed by atoms with van der Waals surface area (Å²) >= 11 is 0. The smallest absolute Gasteiger partial charge is 0.253 e. The molecule has 2 heterocycles. The van der Waals surface area contributed by atoms with Gasteiger partial charge in [-0.25, -0.2) is 4.39 Å². The first-order valence-corrected chi connectivity index (χ1v) is 7.63. The number of rotatable bonds is 5. The molecular weight excluding hydrogens is 325 g/mol. The number of pyridine rings is 1. The second-order valence-electron chi connectivity index (χ2n) is 5.58. The van der Waals surface area contributed by atoms with E-state index in [1.54, 1.807) is 37.4 Å². The summed E-state index contributed by atoms with van der Waals surface area (Å²) in [7, 11) is 0. The van der Waals surface area contributed by atoms with Crippen LogP contribution in [0.3, 0.4) is 0 Å². The third kappa shape index (κ3) is 4.17. The first-order valence-electron chi connectivity index (χ1n) is 7.63. The number of nitrogens with zero attached hydrogens (tertiary/aromatic N) is 3. The lowest BCUT2D eigenvalue weighted by molar-refractivity contribution is -0.116. The Balaban J connectivity index is 1.64. The minimum Gasteiger partial charge on any atom is -0.306 e. The molecule has 0 radical (unpaired) electrons. The average Bonchev–Trinajstić information content (AvgIpc) is 2.98. The highest BCUT2D eigenvalue weighted by atomic mass is 19.1. The fourth-order valence-corrected chi connectivity index (χ4v) is 2.37. The maximum Gasteiger partial charge on any atom is 0.253 e. The number of hydrogen-bond acceptors (Lipinski definition) is 4. The van der Waals surface area contributed by atoms with Crippen LogP contribution < -0.4 is 10.9 Å². The molecule has 1 amide bonds. The summed E-state index contributed by atoms with van der Waals surface area (Å²) in [5.74, 6) is -0.135. The van der Waals surface area contributed by atoms with Crippen molar-refractivity contribution in [1.29, 1.82) is 0 Å². The zero-order valence-corrected chi connectivity index (χ0v) is 13.5. The molecule has 1 aromatic carbocycles. The number of aryl methyl sites for hydroxylation is 1.